The number of piperidine rings is 2. The highest BCUT2D eigenvalue weighted by molar-refractivity contribution is 7.86. The Balaban J connectivity index is 1.40. The maximum atomic E-state index is 13.2. The molecule has 1 N–H and O–H groups in total. The van der Waals surface area contributed by atoms with E-state index in [9.17, 15) is 13.2 Å². The summed E-state index contributed by atoms with van der Waals surface area (Å²) in [6.45, 7) is 4.09. The third-order valence-corrected chi connectivity index (χ3v) is 10.0. The summed E-state index contributed by atoms with van der Waals surface area (Å²) in [6, 6.07) is 12.1. The number of hydrogen-bond acceptors (Lipinski definition) is 8. The minimum Gasteiger partial charge on any atom is -0.371 e. The van der Waals surface area contributed by atoms with E-state index in [1.165, 1.54) is 52.9 Å². The highest BCUT2D eigenvalue weighted by Crippen LogP contribution is 2.43. The maximum absolute atomic E-state index is 13.2. The monoisotopic (exact) mass is 581 g/mol. The van der Waals surface area contributed by atoms with Gasteiger partial charge in [-0.3, -0.25) is 0 Å². The molecule has 0 amide bonds. The molecule has 0 spiro atoms. The fourth-order valence-corrected chi connectivity index (χ4v) is 6.50. The Bertz CT molecular complexity index is 1490. The summed E-state index contributed by atoms with van der Waals surface area (Å²) < 4.78 is 27.2. The van der Waals surface area contributed by atoms with E-state index in [0.717, 1.165) is 65.5 Å². The zero-order valence-corrected chi connectivity index (χ0v) is 24.6. The average Bonchev–Trinajstić information content (AvgIpc) is 3.34. The summed E-state index contributed by atoms with van der Waals surface area (Å²) in [5.41, 5.74) is 3.40. The van der Waals surface area contributed by atoms with E-state index >= 15 is 0 Å². The summed E-state index contributed by atoms with van der Waals surface area (Å²) in [7, 11) is -1.26. The predicted octanol–water partition coefficient (Wildman–Crippen LogP) is 3.61. The number of hydrogen-bond donors (Lipinski definition) is 1. The number of para-hydroxylation sites is 1. The first kappa shape index (κ1) is 28.1. The smallest absolute Gasteiger partial charge is 0.371 e. The van der Waals surface area contributed by atoms with Gasteiger partial charge in [0, 0.05) is 39.1 Å². The van der Waals surface area contributed by atoms with Crippen molar-refractivity contribution in [3.63, 3.8) is 0 Å². The molecule has 0 unspecified atom stereocenters. The Hall–Kier alpha value is -3.06. The lowest BCUT2D eigenvalue weighted by atomic mass is 9.82. The van der Waals surface area contributed by atoms with Crippen molar-refractivity contribution >= 4 is 32.9 Å². The van der Waals surface area contributed by atoms with Gasteiger partial charge < -0.3 is 14.6 Å². The molecule has 220 valence electrons. The highest BCUT2D eigenvalue weighted by atomic mass is 32.2. The standard InChI is InChI=1S/C29H39N7O4S/c1-33(2)41(38,39)32-40-29(37)24-20-25(35-18-14-22(15-19-35)34-16-7-4-8-17-34)26-27(21-10-9-11-21)31-36(28(26)30-24)23-12-5-3-6-13-23/h3,5-6,12-13,20-22,32H,4,7-11,14-19H2,1-2H3. The molecule has 12 heteroatoms. The number of aromatic nitrogens is 3. The van der Waals surface area contributed by atoms with Crippen LogP contribution in [0.3, 0.4) is 0 Å². The normalized spacial score (nSPS) is 19.5. The maximum Gasteiger partial charge on any atom is 0.376 e. The van der Waals surface area contributed by atoms with Crippen molar-refractivity contribution in [2.24, 2.45) is 0 Å². The second-order valence-electron chi connectivity index (χ2n) is 11.6. The molecule has 41 heavy (non-hydrogen) atoms. The van der Waals surface area contributed by atoms with Crippen LogP contribution in [0.25, 0.3) is 16.7 Å². The van der Waals surface area contributed by atoms with Gasteiger partial charge in [-0.05, 0) is 74.7 Å². The van der Waals surface area contributed by atoms with Crippen molar-refractivity contribution < 1.29 is 18.0 Å². The number of carbonyl (C=O) groups is 1. The molecule has 2 saturated heterocycles. The molecule has 0 atom stereocenters. The van der Waals surface area contributed by atoms with Gasteiger partial charge in [0.1, 0.15) is 0 Å². The van der Waals surface area contributed by atoms with Crippen molar-refractivity contribution in [2.75, 3.05) is 45.2 Å². The van der Waals surface area contributed by atoms with Crippen LogP contribution in [0.2, 0.25) is 0 Å². The first-order valence-electron chi connectivity index (χ1n) is 14.7. The van der Waals surface area contributed by atoms with Crippen LogP contribution in [-0.2, 0) is 15.0 Å². The Morgan fingerprint density at radius 2 is 1.68 bits per heavy atom. The molecule has 1 aromatic carbocycles. The second kappa shape index (κ2) is 11.7. The van der Waals surface area contributed by atoms with E-state index in [2.05, 4.69) is 9.80 Å². The topological polar surface area (TPSA) is 113 Å². The summed E-state index contributed by atoms with van der Waals surface area (Å²) in [5, 5.41) is 6.06. The van der Waals surface area contributed by atoms with Crippen LogP contribution in [0, 0.1) is 0 Å². The lowest BCUT2D eigenvalue weighted by Crippen LogP contribution is -2.46. The van der Waals surface area contributed by atoms with E-state index in [1.807, 2.05) is 39.9 Å². The lowest BCUT2D eigenvalue weighted by Gasteiger charge is -2.41. The number of benzene rings is 1. The Labute approximate surface area is 241 Å². The third-order valence-electron chi connectivity index (χ3n) is 8.78. The van der Waals surface area contributed by atoms with E-state index in [-0.39, 0.29) is 5.69 Å². The number of likely N-dealkylation sites (tertiary alicyclic amines) is 1. The van der Waals surface area contributed by atoms with Gasteiger partial charge in [-0.2, -0.15) is 17.8 Å². The molecule has 3 aliphatic rings. The molecular weight excluding hydrogens is 542 g/mol. The summed E-state index contributed by atoms with van der Waals surface area (Å²) >= 11 is 0. The Morgan fingerprint density at radius 3 is 2.32 bits per heavy atom. The number of nitrogens with one attached hydrogen (secondary N) is 1. The lowest BCUT2D eigenvalue weighted by molar-refractivity contribution is 0.0393. The fourth-order valence-electron chi connectivity index (χ4n) is 6.17. The van der Waals surface area contributed by atoms with Crippen LogP contribution in [0.15, 0.2) is 36.4 Å². The first-order valence-corrected chi connectivity index (χ1v) is 16.1. The summed E-state index contributed by atoms with van der Waals surface area (Å²) in [5.74, 6) is -0.522. The Morgan fingerprint density at radius 1 is 0.976 bits per heavy atom. The molecule has 3 fully saturated rings. The van der Waals surface area contributed by atoms with E-state index < -0.39 is 16.2 Å². The van der Waals surface area contributed by atoms with Crippen molar-refractivity contribution in [2.45, 2.75) is 63.3 Å². The number of fused-ring (bicyclic) bond motifs is 1. The minimum absolute atomic E-state index is 0.0318. The molecule has 1 saturated carbocycles. The molecule has 0 radical (unpaired) electrons. The number of carbonyl (C=O) groups excluding carboxylic acids is 1. The first-order chi connectivity index (χ1) is 19.8. The van der Waals surface area contributed by atoms with Crippen LogP contribution in [-0.4, -0.2) is 84.7 Å². The van der Waals surface area contributed by atoms with E-state index in [4.69, 9.17) is 14.9 Å². The molecule has 2 aliphatic heterocycles. The van der Waals surface area contributed by atoms with Gasteiger partial charge in [-0.25, -0.2) is 14.5 Å². The molecule has 4 heterocycles. The molecule has 1 aliphatic carbocycles. The molecule has 2 aromatic heterocycles. The van der Waals surface area contributed by atoms with Crippen LogP contribution < -0.4 is 9.79 Å². The van der Waals surface area contributed by atoms with Crippen LogP contribution >= 0.6 is 0 Å². The van der Waals surface area contributed by atoms with Gasteiger partial charge >= 0.3 is 16.2 Å². The summed E-state index contributed by atoms with van der Waals surface area (Å²) in [4.78, 5) is 29.9. The van der Waals surface area contributed by atoms with Crippen LogP contribution in [0.5, 0.6) is 0 Å². The van der Waals surface area contributed by atoms with Crippen molar-refractivity contribution in [1.82, 2.24) is 28.9 Å². The minimum atomic E-state index is -3.97. The zero-order chi connectivity index (χ0) is 28.6. The van der Waals surface area contributed by atoms with Crippen molar-refractivity contribution in [1.29, 1.82) is 0 Å². The van der Waals surface area contributed by atoms with Gasteiger partial charge in [0.25, 0.3) is 0 Å². The van der Waals surface area contributed by atoms with Gasteiger partial charge in [-0.15, -0.1) is 0 Å². The van der Waals surface area contributed by atoms with Crippen LogP contribution in [0.1, 0.15) is 73.5 Å². The second-order valence-corrected chi connectivity index (χ2v) is 13.4. The Kier molecular flexibility index (Phi) is 7.99. The molecule has 11 nitrogen and oxygen atoms in total. The van der Waals surface area contributed by atoms with Gasteiger partial charge in [0.15, 0.2) is 11.3 Å². The van der Waals surface area contributed by atoms with Gasteiger partial charge in [0.05, 0.1) is 22.5 Å². The molecule has 0 bridgehead atoms. The van der Waals surface area contributed by atoms with Gasteiger partial charge in [-0.1, -0.05) is 31.0 Å². The average molecular weight is 582 g/mol. The number of nitrogens with zero attached hydrogens (tertiary/aromatic N) is 6. The number of pyridine rings is 1. The van der Waals surface area contributed by atoms with Crippen LogP contribution in [0.4, 0.5) is 5.69 Å². The highest BCUT2D eigenvalue weighted by Gasteiger charge is 2.33. The van der Waals surface area contributed by atoms with E-state index in [1.54, 1.807) is 6.07 Å². The quantitative estimate of drug-likeness (QED) is 0.402. The number of anilines is 1. The molecule has 3 aromatic rings. The fraction of sp³-hybridized carbons (Fsp3) is 0.552. The van der Waals surface area contributed by atoms with Gasteiger partial charge in [0.2, 0.25) is 0 Å². The summed E-state index contributed by atoms with van der Waals surface area (Å²) in [6.07, 6.45) is 9.31. The third kappa shape index (κ3) is 5.70. The SMILES string of the molecule is CN(C)S(=O)(=O)NOC(=O)c1cc(N2CCC(N3CCCCC3)CC2)c2c(C3CCC3)nn(-c3ccccc3)c2n1. The molecule has 6 rings (SSSR count). The largest absolute Gasteiger partial charge is 0.376 e. The van der Waals surface area contributed by atoms with E-state index in [0.29, 0.717) is 17.6 Å². The van der Waals surface area contributed by atoms with Crippen molar-refractivity contribution in [3.05, 3.63) is 47.8 Å². The molecular formula is C29H39N7O4S. The zero-order valence-electron chi connectivity index (χ0n) is 23.8. The van der Waals surface area contributed by atoms with Crippen molar-refractivity contribution in [3.8, 4) is 5.69 Å². The number of rotatable bonds is 8. The predicted molar refractivity (Wildman–Crippen MR) is 157 cm³/mol.